The van der Waals surface area contributed by atoms with E-state index in [-0.39, 0.29) is 12.5 Å². The summed E-state index contributed by atoms with van der Waals surface area (Å²) in [5.74, 6) is 0.793. The van der Waals surface area contributed by atoms with Gasteiger partial charge in [-0.2, -0.15) is 4.98 Å². The quantitative estimate of drug-likeness (QED) is 0.804. The highest BCUT2D eigenvalue weighted by Gasteiger charge is 2.12. The van der Waals surface area contributed by atoms with Crippen molar-refractivity contribution < 1.29 is 9.32 Å². The number of amides is 1. The second-order valence-electron chi connectivity index (χ2n) is 4.49. The fourth-order valence-corrected chi connectivity index (χ4v) is 2.55. The zero-order valence-corrected chi connectivity index (χ0v) is 12.2. The van der Waals surface area contributed by atoms with Crippen molar-refractivity contribution in [3.8, 4) is 10.8 Å². The first kappa shape index (κ1) is 13.5. The summed E-state index contributed by atoms with van der Waals surface area (Å²) in [5.41, 5.74) is 1.59. The van der Waals surface area contributed by atoms with Crippen LogP contribution >= 0.6 is 11.3 Å². The number of benzene rings is 1. The zero-order valence-electron chi connectivity index (χ0n) is 11.4. The molecule has 1 amide bonds. The highest BCUT2D eigenvalue weighted by molar-refractivity contribution is 7.13. The molecule has 0 unspecified atom stereocenters. The summed E-state index contributed by atoms with van der Waals surface area (Å²) in [6.45, 7) is 2.14. The molecule has 0 saturated carbocycles. The molecule has 0 aliphatic heterocycles. The van der Waals surface area contributed by atoms with Crippen molar-refractivity contribution in [2.24, 2.45) is 0 Å². The third-order valence-corrected chi connectivity index (χ3v) is 3.85. The number of thiophene rings is 1. The molecule has 0 bridgehead atoms. The van der Waals surface area contributed by atoms with Gasteiger partial charge in [-0.25, -0.2) is 0 Å². The van der Waals surface area contributed by atoms with Crippen LogP contribution in [0.1, 0.15) is 21.7 Å². The Bertz CT molecular complexity index is 750. The lowest BCUT2D eigenvalue weighted by atomic mass is 10.1. The van der Waals surface area contributed by atoms with E-state index in [4.69, 9.17) is 4.52 Å². The molecular formula is C15H13N3O2S. The van der Waals surface area contributed by atoms with E-state index in [0.717, 1.165) is 10.4 Å². The lowest BCUT2D eigenvalue weighted by Gasteiger charge is -2.05. The van der Waals surface area contributed by atoms with E-state index in [1.165, 1.54) is 11.3 Å². The Kier molecular flexibility index (Phi) is 3.79. The minimum absolute atomic E-state index is 0.143. The highest BCUT2D eigenvalue weighted by Crippen LogP contribution is 2.22. The topological polar surface area (TPSA) is 68.0 Å². The van der Waals surface area contributed by atoms with Gasteiger partial charge in [-0.1, -0.05) is 29.4 Å². The first-order valence-corrected chi connectivity index (χ1v) is 7.32. The van der Waals surface area contributed by atoms with Gasteiger partial charge in [-0.15, -0.1) is 11.3 Å². The molecule has 2 aromatic heterocycles. The van der Waals surface area contributed by atoms with Crippen LogP contribution in [0.2, 0.25) is 0 Å². The van der Waals surface area contributed by atoms with Crippen molar-refractivity contribution in [3.63, 3.8) is 0 Å². The van der Waals surface area contributed by atoms with Crippen molar-refractivity contribution >= 4 is 17.2 Å². The summed E-state index contributed by atoms with van der Waals surface area (Å²) >= 11 is 1.53. The van der Waals surface area contributed by atoms with Crippen LogP contribution in [0.3, 0.4) is 0 Å². The van der Waals surface area contributed by atoms with Crippen LogP contribution in [-0.4, -0.2) is 16.0 Å². The molecule has 3 rings (SSSR count). The zero-order chi connectivity index (χ0) is 14.7. The maximum Gasteiger partial charge on any atom is 0.268 e. The summed E-state index contributed by atoms with van der Waals surface area (Å²) in [4.78, 5) is 17.3. The van der Waals surface area contributed by atoms with Gasteiger partial charge in [0, 0.05) is 5.56 Å². The van der Waals surface area contributed by atoms with Crippen LogP contribution in [0.5, 0.6) is 0 Å². The summed E-state index contributed by atoms with van der Waals surface area (Å²) in [6.07, 6.45) is 0. The minimum Gasteiger partial charge on any atom is -0.345 e. The summed E-state index contributed by atoms with van der Waals surface area (Å²) < 4.78 is 5.17. The second kappa shape index (κ2) is 5.88. The fourth-order valence-electron chi connectivity index (χ4n) is 1.91. The van der Waals surface area contributed by atoms with Crippen molar-refractivity contribution in [1.82, 2.24) is 15.5 Å². The maximum atomic E-state index is 12.1. The Morgan fingerprint density at radius 3 is 2.90 bits per heavy atom. The van der Waals surface area contributed by atoms with Crippen molar-refractivity contribution in [1.29, 1.82) is 0 Å². The first-order chi connectivity index (χ1) is 10.2. The normalized spacial score (nSPS) is 10.5. The molecule has 0 spiro atoms. The maximum absolute atomic E-state index is 12.1. The Balaban J connectivity index is 1.66. The molecule has 0 aliphatic rings. The molecule has 1 aromatic carbocycles. The summed E-state index contributed by atoms with van der Waals surface area (Å²) in [7, 11) is 0. The number of hydrogen-bond acceptors (Lipinski definition) is 5. The van der Waals surface area contributed by atoms with E-state index in [1.807, 2.05) is 42.6 Å². The number of carbonyl (C=O) groups excluding carboxylic acids is 1. The first-order valence-electron chi connectivity index (χ1n) is 6.44. The van der Waals surface area contributed by atoms with Gasteiger partial charge in [0.2, 0.25) is 0 Å². The van der Waals surface area contributed by atoms with E-state index in [2.05, 4.69) is 15.5 Å². The molecular weight excluding hydrogens is 286 g/mol. The summed E-state index contributed by atoms with van der Waals surface area (Å²) in [5, 5.41) is 8.60. The average molecular weight is 299 g/mol. The van der Waals surface area contributed by atoms with Gasteiger partial charge in [-0.3, -0.25) is 4.79 Å². The Morgan fingerprint density at radius 2 is 2.14 bits per heavy atom. The predicted molar refractivity (Wildman–Crippen MR) is 80.0 cm³/mol. The molecule has 6 heteroatoms. The molecule has 106 valence electrons. The van der Waals surface area contributed by atoms with Gasteiger partial charge in [0.1, 0.15) is 0 Å². The SMILES string of the molecule is Cc1ccccc1C(=O)NCc1noc(-c2cccs2)n1. The van der Waals surface area contributed by atoms with Crippen LogP contribution in [0, 0.1) is 6.92 Å². The molecule has 0 radical (unpaired) electrons. The van der Waals surface area contributed by atoms with Gasteiger partial charge in [0.25, 0.3) is 11.8 Å². The van der Waals surface area contributed by atoms with E-state index in [9.17, 15) is 4.79 Å². The Labute approximate surface area is 125 Å². The summed E-state index contributed by atoms with van der Waals surface area (Å²) in [6, 6.07) is 11.3. The van der Waals surface area contributed by atoms with Crippen LogP contribution in [0.25, 0.3) is 10.8 Å². The van der Waals surface area contributed by atoms with Gasteiger partial charge in [0.15, 0.2) is 5.82 Å². The van der Waals surface area contributed by atoms with Crippen molar-refractivity contribution in [2.45, 2.75) is 13.5 Å². The largest absolute Gasteiger partial charge is 0.345 e. The predicted octanol–water partition coefficient (Wildman–Crippen LogP) is 3.04. The van der Waals surface area contributed by atoms with Gasteiger partial charge < -0.3 is 9.84 Å². The molecule has 3 aromatic rings. The number of nitrogens with zero attached hydrogens (tertiary/aromatic N) is 2. The van der Waals surface area contributed by atoms with Gasteiger partial charge >= 0.3 is 0 Å². The number of aryl methyl sites for hydroxylation is 1. The molecule has 0 fully saturated rings. The third kappa shape index (κ3) is 3.00. The van der Waals surface area contributed by atoms with Crippen LogP contribution in [0.4, 0.5) is 0 Å². The average Bonchev–Trinajstić information content (AvgIpc) is 3.16. The second-order valence-corrected chi connectivity index (χ2v) is 5.44. The fraction of sp³-hybridized carbons (Fsp3) is 0.133. The van der Waals surface area contributed by atoms with Gasteiger partial charge in [0.05, 0.1) is 11.4 Å². The van der Waals surface area contributed by atoms with Gasteiger partial charge in [-0.05, 0) is 30.0 Å². The lowest BCUT2D eigenvalue weighted by molar-refractivity contribution is 0.0949. The van der Waals surface area contributed by atoms with Crippen molar-refractivity contribution in [2.75, 3.05) is 0 Å². The molecule has 0 atom stereocenters. The molecule has 0 saturated heterocycles. The van der Waals surface area contributed by atoms with Crippen LogP contribution in [-0.2, 0) is 6.54 Å². The van der Waals surface area contributed by atoms with Crippen molar-refractivity contribution in [3.05, 3.63) is 58.7 Å². The Morgan fingerprint density at radius 1 is 1.29 bits per heavy atom. The highest BCUT2D eigenvalue weighted by atomic mass is 32.1. The number of aromatic nitrogens is 2. The number of hydrogen-bond donors (Lipinski definition) is 1. The monoisotopic (exact) mass is 299 g/mol. The van der Waals surface area contributed by atoms with Crippen LogP contribution < -0.4 is 5.32 Å². The lowest BCUT2D eigenvalue weighted by Crippen LogP contribution is -2.24. The van der Waals surface area contributed by atoms with E-state index in [1.54, 1.807) is 6.07 Å². The Hall–Kier alpha value is -2.47. The molecule has 5 nitrogen and oxygen atoms in total. The molecule has 1 N–H and O–H groups in total. The molecule has 21 heavy (non-hydrogen) atoms. The molecule has 2 heterocycles. The number of nitrogens with one attached hydrogen (secondary N) is 1. The van der Waals surface area contributed by atoms with Crippen LogP contribution in [0.15, 0.2) is 46.3 Å². The van der Waals surface area contributed by atoms with E-state index >= 15 is 0 Å². The number of rotatable bonds is 4. The van der Waals surface area contributed by atoms with E-state index < -0.39 is 0 Å². The third-order valence-electron chi connectivity index (χ3n) is 3.00. The van der Waals surface area contributed by atoms with E-state index in [0.29, 0.717) is 17.3 Å². The standard InChI is InChI=1S/C15H13N3O2S/c1-10-5-2-3-6-11(10)14(19)16-9-13-17-15(20-18-13)12-7-4-8-21-12/h2-8H,9H2,1H3,(H,16,19). The smallest absolute Gasteiger partial charge is 0.268 e. The number of carbonyl (C=O) groups is 1. The molecule has 0 aliphatic carbocycles. The minimum atomic E-state index is -0.143.